The molecule has 2 aromatic rings. The Hall–Kier alpha value is -3.07. The molecular weight excluding hydrogens is 328 g/mol. The van der Waals surface area contributed by atoms with Crippen LogP contribution in [-0.2, 0) is 11.3 Å². The molecule has 26 heavy (non-hydrogen) atoms. The van der Waals surface area contributed by atoms with Gasteiger partial charge >= 0.3 is 0 Å². The molecule has 1 aromatic carbocycles. The van der Waals surface area contributed by atoms with Crippen molar-refractivity contribution in [2.24, 2.45) is 0 Å². The van der Waals surface area contributed by atoms with Gasteiger partial charge in [0.2, 0.25) is 11.8 Å². The summed E-state index contributed by atoms with van der Waals surface area (Å²) in [6.45, 7) is 0.536. The van der Waals surface area contributed by atoms with E-state index in [-0.39, 0.29) is 18.6 Å². The molecule has 1 aliphatic carbocycles. The average Bonchev–Trinajstić information content (AvgIpc) is 3.19. The Bertz CT molecular complexity index is 777. The van der Waals surface area contributed by atoms with Crippen molar-refractivity contribution in [2.45, 2.75) is 38.3 Å². The molecule has 1 aromatic heterocycles. The van der Waals surface area contributed by atoms with Crippen molar-refractivity contribution in [3.8, 4) is 11.9 Å². The first-order chi connectivity index (χ1) is 12.7. The number of amides is 1. The number of hydrogen-bond donors (Lipinski definition) is 2. The lowest BCUT2D eigenvalue weighted by Gasteiger charge is -2.15. The van der Waals surface area contributed by atoms with Crippen molar-refractivity contribution >= 4 is 11.6 Å². The molecule has 0 radical (unpaired) electrons. The van der Waals surface area contributed by atoms with Gasteiger partial charge in [0, 0.05) is 24.0 Å². The molecule has 134 valence electrons. The quantitative estimate of drug-likeness (QED) is 0.801. The van der Waals surface area contributed by atoms with E-state index < -0.39 is 0 Å². The fourth-order valence-corrected chi connectivity index (χ4v) is 2.93. The number of carbonyl (C=O) groups is 1. The summed E-state index contributed by atoms with van der Waals surface area (Å²) >= 11 is 0. The van der Waals surface area contributed by atoms with Gasteiger partial charge in [0.1, 0.15) is 6.10 Å². The van der Waals surface area contributed by atoms with Gasteiger partial charge in [0.25, 0.3) is 0 Å². The third kappa shape index (κ3) is 4.96. The average molecular weight is 350 g/mol. The first kappa shape index (κ1) is 17.7. The van der Waals surface area contributed by atoms with Crippen LogP contribution in [0, 0.1) is 11.3 Å². The van der Waals surface area contributed by atoms with Gasteiger partial charge in [-0.05, 0) is 56.0 Å². The van der Waals surface area contributed by atoms with Crippen molar-refractivity contribution in [1.29, 1.82) is 5.26 Å². The van der Waals surface area contributed by atoms with Crippen LogP contribution in [-0.4, -0.2) is 23.5 Å². The molecule has 0 atom stereocenters. The lowest BCUT2D eigenvalue weighted by molar-refractivity contribution is -0.119. The van der Waals surface area contributed by atoms with Crippen LogP contribution >= 0.6 is 0 Å². The summed E-state index contributed by atoms with van der Waals surface area (Å²) in [7, 11) is 0. The van der Waals surface area contributed by atoms with Gasteiger partial charge in [-0.25, -0.2) is 4.98 Å². The predicted molar refractivity (Wildman–Crippen MR) is 98.6 cm³/mol. The topological polar surface area (TPSA) is 87.0 Å². The molecule has 1 amide bonds. The highest BCUT2D eigenvalue weighted by Gasteiger charge is 2.18. The van der Waals surface area contributed by atoms with Gasteiger partial charge in [-0.15, -0.1) is 0 Å². The molecule has 1 heterocycles. The van der Waals surface area contributed by atoms with Crippen LogP contribution in [0.3, 0.4) is 0 Å². The van der Waals surface area contributed by atoms with E-state index in [9.17, 15) is 4.79 Å². The standard InChI is InChI=1S/C20H22N4O2/c21-12-15-7-9-17(10-8-15)23-14-19(25)24-13-16-4-3-11-22-20(16)26-18-5-1-2-6-18/h3-4,7-11,18,23H,1-2,5-6,13-14H2,(H,24,25). The number of anilines is 1. The van der Waals surface area contributed by atoms with Gasteiger partial charge in [-0.1, -0.05) is 6.07 Å². The minimum Gasteiger partial charge on any atom is -0.474 e. The Morgan fingerprint density at radius 1 is 1.23 bits per heavy atom. The predicted octanol–water partition coefficient (Wildman–Crippen LogP) is 3.00. The summed E-state index contributed by atoms with van der Waals surface area (Å²) in [6.07, 6.45) is 6.47. The molecule has 6 heteroatoms. The van der Waals surface area contributed by atoms with Crippen LogP contribution in [0.5, 0.6) is 5.88 Å². The van der Waals surface area contributed by atoms with Crippen molar-refractivity contribution in [3.05, 3.63) is 53.7 Å². The number of benzene rings is 1. The Labute approximate surface area is 153 Å². The van der Waals surface area contributed by atoms with Crippen LogP contribution in [0.1, 0.15) is 36.8 Å². The fourth-order valence-electron chi connectivity index (χ4n) is 2.93. The number of hydrogen-bond acceptors (Lipinski definition) is 5. The third-order valence-corrected chi connectivity index (χ3v) is 4.37. The van der Waals surface area contributed by atoms with E-state index in [4.69, 9.17) is 10.00 Å². The zero-order valence-electron chi connectivity index (χ0n) is 14.6. The molecule has 1 saturated carbocycles. The Kier molecular flexibility index (Phi) is 6.05. The van der Waals surface area contributed by atoms with Crippen LogP contribution in [0.15, 0.2) is 42.6 Å². The third-order valence-electron chi connectivity index (χ3n) is 4.37. The van der Waals surface area contributed by atoms with E-state index in [0.29, 0.717) is 18.0 Å². The maximum Gasteiger partial charge on any atom is 0.239 e. The van der Waals surface area contributed by atoms with Crippen molar-refractivity contribution in [2.75, 3.05) is 11.9 Å². The largest absolute Gasteiger partial charge is 0.474 e. The normalized spacial score (nSPS) is 13.8. The maximum atomic E-state index is 12.1. The number of pyridine rings is 1. The highest BCUT2D eigenvalue weighted by atomic mass is 16.5. The van der Waals surface area contributed by atoms with Gasteiger partial charge in [-0.3, -0.25) is 4.79 Å². The molecule has 1 fully saturated rings. The van der Waals surface area contributed by atoms with E-state index in [1.54, 1.807) is 30.5 Å². The number of nitrogens with one attached hydrogen (secondary N) is 2. The van der Waals surface area contributed by atoms with Gasteiger partial charge in [-0.2, -0.15) is 5.26 Å². The Balaban J connectivity index is 1.48. The molecule has 6 nitrogen and oxygen atoms in total. The van der Waals surface area contributed by atoms with Crippen LogP contribution in [0.2, 0.25) is 0 Å². The van der Waals surface area contributed by atoms with Crippen LogP contribution in [0.25, 0.3) is 0 Å². The second-order valence-electron chi connectivity index (χ2n) is 6.31. The minimum atomic E-state index is -0.120. The second kappa shape index (κ2) is 8.86. The number of carbonyl (C=O) groups excluding carboxylic acids is 1. The van der Waals surface area contributed by atoms with Crippen LogP contribution in [0.4, 0.5) is 5.69 Å². The molecule has 0 saturated heterocycles. The Morgan fingerprint density at radius 2 is 2.00 bits per heavy atom. The van der Waals surface area contributed by atoms with Crippen molar-refractivity contribution in [1.82, 2.24) is 10.3 Å². The molecular formula is C20H22N4O2. The molecule has 2 N–H and O–H groups in total. The van der Waals surface area contributed by atoms with E-state index in [0.717, 1.165) is 24.1 Å². The smallest absolute Gasteiger partial charge is 0.239 e. The zero-order chi connectivity index (χ0) is 18.2. The summed E-state index contributed by atoms with van der Waals surface area (Å²) in [6, 6.07) is 12.8. The SMILES string of the molecule is N#Cc1ccc(NCC(=O)NCc2cccnc2OC2CCCC2)cc1. The molecule has 3 rings (SSSR count). The number of nitriles is 1. The molecule has 0 spiro atoms. The highest BCUT2D eigenvalue weighted by molar-refractivity contribution is 5.80. The van der Waals surface area contributed by atoms with Gasteiger partial charge < -0.3 is 15.4 Å². The zero-order valence-corrected chi connectivity index (χ0v) is 14.6. The summed E-state index contributed by atoms with van der Waals surface area (Å²) in [5.41, 5.74) is 2.27. The number of rotatable bonds is 7. The highest BCUT2D eigenvalue weighted by Crippen LogP contribution is 2.24. The number of nitrogens with zero attached hydrogens (tertiary/aromatic N) is 2. The lowest BCUT2D eigenvalue weighted by Crippen LogP contribution is -2.29. The summed E-state index contributed by atoms with van der Waals surface area (Å²) < 4.78 is 5.99. The Morgan fingerprint density at radius 3 is 2.73 bits per heavy atom. The second-order valence-corrected chi connectivity index (χ2v) is 6.31. The molecule has 0 aliphatic heterocycles. The minimum absolute atomic E-state index is 0.120. The first-order valence-electron chi connectivity index (χ1n) is 8.86. The van der Waals surface area contributed by atoms with E-state index in [1.165, 1.54) is 12.8 Å². The van der Waals surface area contributed by atoms with Gasteiger partial charge in [0.05, 0.1) is 18.2 Å². The molecule has 0 unspecified atom stereocenters. The van der Waals surface area contributed by atoms with Gasteiger partial charge in [0.15, 0.2) is 0 Å². The first-order valence-corrected chi connectivity index (χ1v) is 8.86. The van der Waals surface area contributed by atoms with E-state index in [1.807, 2.05) is 12.1 Å². The number of ether oxygens (including phenoxy) is 1. The fraction of sp³-hybridized carbons (Fsp3) is 0.350. The molecule has 1 aliphatic rings. The van der Waals surface area contributed by atoms with E-state index in [2.05, 4.69) is 21.7 Å². The van der Waals surface area contributed by atoms with E-state index >= 15 is 0 Å². The maximum absolute atomic E-state index is 12.1. The lowest BCUT2D eigenvalue weighted by atomic mass is 10.2. The summed E-state index contributed by atoms with van der Waals surface area (Å²) in [5, 5.41) is 14.7. The number of aromatic nitrogens is 1. The molecule has 0 bridgehead atoms. The van der Waals surface area contributed by atoms with Crippen molar-refractivity contribution in [3.63, 3.8) is 0 Å². The summed E-state index contributed by atoms with van der Waals surface area (Å²) in [5.74, 6) is 0.491. The monoisotopic (exact) mass is 350 g/mol. The van der Waals surface area contributed by atoms with Crippen LogP contribution < -0.4 is 15.4 Å². The summed E-state index contributed by atoms with van der Waals surface area (Å²) in [4.78, 5) is 16.4. The van der Waals surface area contributed by atoms with Crippen molar-refractivity contribution < 1.29 is 9.53 Å².